The van der Waals surface area contributed by atoms with Crippen molar-refractivity contribution in [3.63, 3.8) is 0 Å². The van der Waals surface area contributed by atoms with E-state index < -0.39 is 26.3 Å². The third-order valence-corrected chi connectivity index (χ3v) is 4.74. The van der Waals surface area contributed by atoms with E-state index in [0.717, 1.165) is 6.04 Å². The number of nitrogens with one attached hydrogen (secondary N) is 1. The summed E-state index contributed by atoms with van der Waals surface area (Å²) in [6.45, 7) is 8.77. The van der Waals surface area contributed by atoms with E-state index in [2.05, 4.69) is 35.2 Å². The number of hydrogen-bond acceptors (Lipinski definition) is 5. The van der Waals surface area contributed by atoms with Crippen molar-refractivity contribution < 1.29 is 19.7 Å². The Labute approximate surface area is 125 Å². The van der Waals surface area contributed by atoms with E-state index in [1.54, 1.807) is 11.5 Å². The van der Waals surface area contributed by atoms with Gasteiger partial charge in [0.25, 0.3) is 0 Å². The number of ether oxygens (including phenoxy) is 1. The first-order chi connectivity index (χ1) is 9.68. The summed E-state index contributed by atoms with van der Waals surface area (Å²) in [4.78, 5) is 10.8. The van der Waals surface area contributed by atoms with Gasteiger partial charge in [0.1, 0.15) is 18.6 Å². The van der Waals surface area contributed by atoms with Crippen molar-refractivity contribution in [3.05, 3.63) is 12.2 Å². The van der Waals surface area contributed by atoms with E-state index in [4.69, 9.17) is 9.84 Å². The number of aliphatic hydroxyl groups excluding tert-OH is 1. The van der Waals surface area contributed by atoms with Crippen molar-refractivity contribution in [2.24, 2.45) is 0 Å². The van der Waals surface area contributed by atoms with Gasteiger partial charge in [-0.1, -0.05) is 19.6 Å². The fourth-order valence-electron chi connectivity index (χ4n) is 1.72. The highest BCUT2D eigenvalue weighted by atomic mass is 28.3. The molecule has 8 nitrogen and oxygen atoms in total. The number of amides is 1. The molecule has 1 aromatic heterocycles. The molecule has 1 atom stereocenters. The molecule has 21 heavy (non-hydrogen) atoms. The number of hydrogen-bond donors (Lipinski definition) is 3. The second-order valence-corrected chi connectivity index (χ2v) is 12.0. The largest absolute Gasteiger partial charge is 0.465 e. The molecule has 1 amide bonds. The number of carboxylic acid groups (broad SMARTS) is 1. The van der Waals surface area contributed by atoms with Crippen LogP contribution in [0.1, 0.15) is 12.7 Å². The van der Waals surface area contributed by atoms with Gasteiger partial charge in [0.05, 0.1) is 6.61 Å². The van der Waals surface area contributed by atoms with Crippen LogP contribution < -0.4 is 5.32 Å². The quantitative estimate of drug-likeness (QED) is 0.489. The Morgan fingerprint density at radius 1 is 1.52 bits per heavy atom. The molecule has 120 valence electrons. The Morgan fingerprint density at radius 2 is 2.19 bits per heavy atom. The molecule has 0 aliphatic rings. The predicted octanol–water partition coefficient (Wildman–Crippen LogP) is 1.07. The maximum Gasteiger partial charge on any atom is 0.405 e. The van der Waals surface area contributed by atoms with Crippen molar-refractivity contribution >= 4 is 14.2 Å². The second kappa shape index (κ2) is 7.01. The van der Waals surface area contributed by atoms with Crippen molar-refractivity contribution in [3.8, 4) is 0 Å². The first-order valence-corrected chi connectivity index (χ1v) is 10.5. The van der Waals surface area contributed by atoms with Gasteiger partial charge in [-0.3, -0.25) is 4.57 Å². The molecule has 0 bridgehead atoms. The maximum atomic E-state index is 10.8. The van der Waals surface area contributed by atoms with Crippen LogP contribution in [0.5, 0.6) is 0 Å². The molecule has 0 aromatic carbocycles. The smallest absolute Gasteiger partial charge is 0.405 e. The fraction of sp³-hybridized carbons (Fsp3) is 0.750. The van der Waals surface area contributed by atoms with E-state index in [1.165, 1.54) is 6.33 Å². The molecule has 0 saturated heterocycles. The van der Waals surface area contributed by atoms with Crippen LogP contribution in [0, 0.1) is 0 Å². The number of rotatable bonds is 8. The third-order valence-electron chi connectivity index (χ3n) is 3.03. The average molecular weight is 316 g/mol. The molecule has 0 aliphatic heterocycles. The summed E-state index contributed by atoms with van der Waals surface area (Å²) in [7, 11) is -1.15. The van der Waals surface area contributed by atoms with Gasteiger partial charge >= 0.3 is 6.09 Å². The Balaban J connectivity index is 2.70. The fourth-order valence-corrected chi connectivity index (χ4v) is 2.48. The average Bonchev–Trinajstić information content (AvgIpc) is 2.81. The van der Waals surface area contributed by atoms with Gasteiger partial charge < -0.3 is 20.3 Å². The summed E-state index contributed by atoms with van der Waals surface area (Å²) >= 11 is 0. The standard InChI is InChI=1S/C12H24N4O4Si/c1-12(7-17,14-11(18)19)10-15-13-8-16(10)9-20-5-6-21(2,3)4/h8,14,17H,5-7,9H2,1-4H3,(H,18,19)/t12-/m1/s1. The van der Waals surface area contributed by atoms with Gasteiger partial charge in [0.2, 0.25) is 0 Å². The van der Waals surface area contributed by atoms with E-state index in [-0.39, 0.29) is 6.73 Å². The lowest BCUT2D eigenvalue weighted by molar-refractivity contribution is 0.0758. The lowest BCUT2D eigenvalue weighted by Gasteiger charge is -2.26. The number of carbonyl (C=O) groups is 1. The molecule has 9 heteroatoms. The van der Waals surface area contributed by atoms with Gasteiger partial charge in [-0.25, -0.2) is 4.79 Å². The molecule has 0 saturated carbocycles. The monoisotopic (exact) mass is 316 g/mol. The molecule has 1 aromatic rings. The minimum Gasteiger partial charge on any atom is -0.465 e. The highest BCUT2D eigenvalue weighted by Gasteiger charge is 2.33. The van der Waals surface area contributed by atoms with Crippen LogP contribution in [-0.2, 0) is 17.0 Å². The molecular weight excluding hydrogens is 292 g/mol. The molecular formula is C12H24N4O4Si. The molecule has 1 rings (SSSR count). The van der Waals surface area contributed by atoms with Gasteiger partial charge in [-0.15, -0.1) is 10.2 Å². The zero-order valence-electron chi connectivity index (χ0n) is 13.0. The van der Waals surface area contributed by atoms with Gasteiger partial charge in [0, 0.05) is 14.7 Å². The molecule has 0 spiro atoms. The molecule has 0 unspecified atom stereocenters. The maximum absolute atomic E-state index is 10.8. The summed E-state index contributed by atoms with van der Waals surface area (Å²) in [5, 5.41) is 28.3. The van der Waals surface area contributed by atoms with Crippen LogP contribution in [0.2, 0.25) is 25.7 Å². The van der Waals surface area contributed by atoms with Crippen molar-refractivity contribution in [2.45, 2.75) is 44.9 Å². The zero-order chi connectivity index (χ0) is 16.1. The van der Waals surface area contributed by atoms with Gasteiger partial charge in [-0.05, 0) is 13.0 Å². The number of aromatic nitrogens is 3. The van der Waals surface area contributed by atoms with E-state index in [9.17, 15) is 9.90 Å². The Bertz CT molecular complexity index is 474. The highest BCUT2D eigenvalue weighted by Crippen LogP contribution is 2.18. The SMILES string of the molecule is C[C@](CO)(NC(=O)O)c1nncn1COCC[Si](C)(C)C. The first kappa shape index (κ1) is 17.6. The second-order valence-electron chi connectivity index (χ2n) is 6.39. The van der Waals surface area contributed by atoms with E-state index in [0.29, 0.717) is 12.4 Å². The number of aliphatic hydroxyl groups is 1. The van der Waals surface area contributed by atoms with Crippen molar-refractivity contribution in [1.29, 1.82) is 0 Å². The minimum atomic E-state index is -1.24. The van der Waals surface area contributed by atoms with Crippen LogP contribution >= 0.6 is 0 Å². The molecule has 0 fully saturated rings. The Hall–Kier alpha value is -1.45. The van der Waals surface area contributed by atoms with Crippen LogP contribution in [-0.4, -0.2) is 52.4 Å². The zero-order valence-corrected chi connectivity index (χ0v) is 14.0. The number of nitrogens with zero attached hydrogens (tertiary/aromatic N) is 3. The lowest BCUT2D eigenvalue weighted by Crippen LogP contribution is -2.47. The van der Waals surface area contributed by atoms with Crippen LogP contribution in [0.15, 0.2) is 6.33 Å². The van der Waals surface area contributed by atoms with Crippen LogP contribution in [0.25, 0.3) is 0 Å². The molecule has 1 heterocycles. The normalized spacial score (nSPS) is 14.7. The summed E-state index contributed by atoms with van der Waals surface area (Å²) in [5.41, 5.74) is -1.22. The van der Waals surface area contributed by atoms with E-state index >= 15 is 0 Å². The summed E-state index contributed by atoms with van der Waals surface area (Å²) in [5.74, 6) is 0.320. The predicted molar refractivity (Wildman–Crippen MR) is 79.7 cm³/mol. The Kier molecular flexibility index (Phi) is 5.87. The first-order valence-electron chi connectivity index (χ1n) is 6.76. The summed E-state index contributed by atoms with van der Waals surface area (Å²) < 4.78 is 7.19. The third kappa shape index (κ3) is 5.44. The lowest BCUT2D eigenvalue weighted by atomic mass is 10.0. The van der Waals surface area contributed by atoms with Crippen LogP contribution in [0.3, 0.4) is 0 Å². The molecule has 3 N–H and O–H groups in total. The van der Waals surface area contributed by atoms with Gasteiger partial charge in [0.15, 0.2) is 5.82 Å². The minimum absolute atomic E-state index is 0.226. The summed E-state index contributed by atoms with van der Waals surface area (Å²) in [6, 6.07) is 1.04. The van der Waals surface area contributed by atoms with Gasteiger partial charge in [-0.2, -0.15) is 0 Å². The summed E-state index contributed by atoms with van der Waals surface area (Å²) in [6.07, 6.45) is 0.224. The van der Waals surface area contributed by atoms with Crippen molar-refractivity contribution in [2.75, 3.05) is 13.2 Å². The van der Waals surface area contributed by atoms with Crippen LogP contribution in [0.4, 0.5) is 4.79 Å². The molecule has 0 radical (unpaired) electrons. The Morgan fingerprint density at radius 3 is 2.71 bits per heavy atom. The topological polar surface area (TPSA) is 110 Å². The van der Waals surface area contributed by atoms with Crippen molar-refractivity contribution in [1.82, 2.24) is 20.1 Å². The van der Waals surface area contributed by atoms with E-state index in [1.807, 2.05) is 0 Å². The molecule has 0 aliphatic carbocycles. The highest BCUT2D eigenvalue weighted by molar-refractivity contribution is 6.76.